The van der Waals surface area contributed by atoms with Crippen molar-refractivity contribution >= 4 is 23.6 Å². The number of aryl methyl sites for hydroxylation is 2. The fourth-order valence-corrected chi connectivity index (χ4v) is 3.93. The van der Waals surface area contributed by atoms with E-state index in [9.17, 15) is 4.79 Å². The third-order valence-electron chi connectivity index (χ3n) is 4.91. The molecular weight excluding hydrogens is 352 g/mol. The molecule has 1 aromatic carbocycles. The molecule has 2 saturated heterocycles. The van der Waals surface area contributed by atoms with Crippen LogP contribution in [0.2, 0.25) is 5.02 Å². The standard InChI is InChI=1S/C19H21ClN4O2/c1-12-8-13(2)22-18(21-12)23-10-16-17(11-23)26-19(25)24(16)7-6-14-4-3-5-15(20)9-14/h3-5,8-9,16-17H,6-7,10-11H2,1-2H3/t16-,17+/m0/s1. The number of benzene rings is 1. The largest absolute Gasteiger partial charge is 0.442 e. The van der Waals surface area contributed by atoms with Crippen LogP contribution >= 0.6 is 11.6 Å². The summed E-state index contributed by atoms with van der Waals surface area (Å²) in [6, 6.07) is 9.73. The molecule has 7 heteroatoms. The highest BCUT2D eigenvalue weighted by atomic mass is 35.5. The van der Waals surface area contributed by atoms with Crippen molar-refractivity contribution < 1.29 is 9.53 Å². The van der Waals surface area contributed by atoms with Gasteiger partial charge in [-0.05, 0) is 44.0 Å². The summed E-state index contributed by atoms with van der Waals surface area (Å²) >= 11 is 6.04. The number of nitrogens with zero attached hydrogens (tertiary/aromatic N) is 4. The van der Waals surface area contributed by atoms with Gasteiger partial charge in [0.1, 0.15) is 6.10 Å². The molecule has 2 atom stereocenters. The van der Waals surface area contributed by atoms with Crippen LogP contribution in [0.15, 0.2) is 30.3 Å². The molecule has 0 bridgehead atoms. The molecule has 2 fully saturated rings. The van der Waals surface area contributed by atoms with Gasteiger partial charge in [-0.3, -0.25) is 4.90 Å². The molecule has 0 N–H and O–H groups in total. The molecule has 26 heavy (non-hydrogen) atoms. The molecule has 0 spiro atoms. The molecule has 6 nitrogen and oxygen atoms in total. The molecule has 0 saturated carbocycles. The van der Waals surface area contributed by atoms with Gasteiger partial charge in [-0.2, -0.15) is 0 Å². The third kappa shape index (κ3) is 3.33. The highest BCUT2D eigenvalue weighted by Gasteiger charge is 2.48. The van der Waals surface area contributed by atoms with Gasteiger partial charge in [0.2, 0.25) is 5.95 Å². The minimum atomic E-state index is -0.233. The summed E-state index contributed by atoms with van der Waals surface area (Å²) in [5, 5.41) is 0.711. The SMILES string of the molecule is Cc1cc(C)nc(N2C[C@H]3OC(=O)N(CCc4cccc(Cl)c4)[C@H]3C2)n1. The summed E-state index contributed by atoms with van der Waals surface area (Å²) in [5.74, 6) is 0.711. The van der Waals surface area contributed by atoms with E-state index in [2.05, 4.69) is 14.9 Å². The van der Waals surface area contributed by atoms with Crippen molar-refractivity contribution in [3.8, 4) is 0 Å². The molecule has 1 aromatic heterocycles. The normalized spacial score (nSPS) is 21.9. The molecule has 2 aliphatic heterocycles. The van der Waals surface area contributed by atoms with Gasteiger partial charge >= 0.3 is 6.09 Å². The van der Waals surface area contributed by atoms with Gasteiger partial charge in [0, 0.05) is 29.5 Å². The zero-order chi connectivity index (χ0) is 18.3. The first-order valence-corrected chi connectivity index (χ1v) is 9.16. The first-order chi connectivity index (χ1) is 12.5. The Morgan fingerprint density at radius 2 is 1.96 bits per heavy atom. The molecule has 0 radical (unpaired) electrons. The van der Waals surface area contributed by atoms with Crippen LogP contribution in [-0.4, -0.2) is 52.7 Å². The van der Waals surface area contributed by atoms with Crippen molar-refractivity contribution in [2.75, 3.05) is 24.5 Å². The van der Waals surface area contributed by atoms with E-state index in [0.29, 0.717) is 30.6 Å². The monoisotopic (exact) mass is 372 g/mol. The van der Waals surface area contributed by atoms with E-state index in [0.717, 1.165) is 23.4 Å². The van der Waals surface area contributed by atoms with E-state index < -0.39 is 0 Å². The zero-order valence-corrected chi connectivity index (χ0v) is 15.6. The number of hydrogen-bond donors (Lipinski definition) is 0. The molecule has 0 unspecified atom stereocenters. The summed E-state index contributed by atoms with van der Waals surface area (Å²) in [4.78, 5) is 25.3. The molecule has 136 valence electrons. The molecule has 2 aliphatic rings. The van der Waals surface area contributed by atoms with E-state index in [1.54, 1.807) is 0 Å². The molecular formula is C19H21ClN4O2. The Kier molecular flexibility index (Phi) is 4.44. The number of ether oxygens (including phenoxy) is 1. The van der Waals surface area contributed by atoms with E-state index in [-0.39, 0.29) is 18.2 Å². The Labute approximate surface area is 157 Å². The maximum Gasteiger partial charge on any atom is 0.410 e. The van der Waals surface area contributed by atoms with Gasteiger partial charge in [-0.1, -0.05) is 23.7 Å². The van der Waals surface area contributed by atoms with Gasteiger partial charge in [0.15, 0.2) is 0 Å². The van der Waals surface area contributed by atoms with Crippen molar-refractivity contribution in [3.63, 3.8) is 0 Å². The number of amides is 1. The van der Waals surface area contributed by atoms with Crippen LogP contribution in [0, 0.1) is 13.8 Å². The molecule has 3 heterocycles. The maximum absolute atomic E-state index is 12.3. The zero-order valence-electron chi connectivity index (χ0n) is 14.9. The fourth-order valence-electron chi connectivity index (χ4n) is 3.72. The lowest BCUT2D eigenvalue weighted by atomic mass is 10.1. The van der Waals surface area contributed by atoms with Crippen molar-refractivity contribution in [2.45, 2.75) is 32.4 Å². The Balaban J connectivity index is 1.46. The lowest BCUT2D eigenvalue weighted by Crippen LogP contribution is -2.39. The number of halogens is 1. The highest BCUT2D eigenvalue weighted by molar-refractivity contribution is 6.30. The first kappa shape index (κ1) is 17.1. The van der Waals surface area contributed by atoms with Crippen LogP contribution in [0.5, 0.6) is 0 Å². The van der Waals surface area contributed by atoms with Crippen LogP contribution in [0.25, 0.3) is 0 Å². The van der Waals surface area contributed by atoms with Crippen molar-refractivity contribution in [1.82, 2.24) is 14.9 Å². The van der Waals surface area contributed by atoms with Crippen LogP contribution in [0.3, 0.4) is 0 Å². The Morgan fingerprint density at radius 3 is 2.69 bits per heavy atom. The number of hydrogen-bond acceptors (Lipinski definition) is 5. The number of carbonyl (C=O) groups is 1. The number of carbonyl (C=O) groups excluding carboxylic acids is 1. The van der Waals surface area contributed by atoms with Crippen LogP contribution in [-0.2, 0) is 11.2 Å². The van der Waals surface area contributed by atoms with Crippen LogP contribution in [0.1, 0.15) is 17.0 Å². The van der Waals surface area contributed by atoms with E-state index >= 15 is 0 Å². The lowest BCUT2D eigenvalue weighted by Gasteiger charge is -2.22. The molecule has 2 aromatic rings. The van der Waals surface area contributed by atoms with E-state index in [1.807, 2.05) is 49.1 Å². The Bertz CT molecular complexity index is 824. The number of fused-ring (bicyclic) bond motifs is 1. The van der Waals surface area contributed by atoms with Gasteiger partial charge in [-0.15, -0.1) is 0 Å². The van der Waals surface area contributed by atoms with Gasteiger partial charge < -0.3 is 9.64 Å². The molecule has 0 aliphatic carbocycles. The maximum atomic E-state index is 12.3. The second kappa shape index (κ2) is 6.76. The average molecular weight is 373 g/mol. The van der Waals surface area contributed by atoms with Gasteiger partial charge in [0.25, 0.3) is 0 Å². The minimum Gasteiger partial charge on any atom is -0.442 e. The predicted octanol–water partition coefficient (Wildman–Crippen LogP) is 3.00. The quantitative estimate of drug-likeness (QED) is 0.825. The highest BCUT2D eigenvalue weighted by Crippen LogP contribution is 2.29. The second-order valence-corrected chi connectivity index (χ2v) is 7.35. The second-order valence-electron chi connectivity index (χ2n) is 6.92. The number of rotatable bonds is 4. The van der Waals surface area contributed by atoms with Crippen LogP contribution < -0.4 is 4.90 Å². The minimum absolute atomic E-state index is 0.0334. The van der Waals surface area contributed by atoms with Crippen molar-refractivity contribution in [1.29, 1.82) is 0 Å². The summed E-state index contributed by atoms with van der Waals surface area (Å²) in [6.07, 6.45) is 0.383. The lowest BCUT2D eigenvalue weighted by molar-refractivity contribution is 0.136. The van der Waals surface area contributed by atoms with Gasteiger partial charge in [-0.25, -0.2) is 14.8 Å². The Hall–Kier alpha value is -2.34. The smallest absolute Gasteiger partial charge is 0.410 e. The average Bonchev–Trinajstić information content (AvgIpc) is 3.09. The van der Waals surface area contributed by atoms with Crippen molar-refractivity contribution in [3.05, 3.63) is 52.3 Å². The summed E-state index contributed by atoms with van der Waals surface area (Å²) in [7, 11) is 0. The van der Waals surface area contributed by atoms with E-state index in [1.165, 1.54) is 0 Å². The summed E-state index contributed by atoms with van der Waals surface area (Å²) in [6.45, 7) is 5.86. The topological polar surface area (TPSA) is 58.6 Å². The number of anilines is 1. The molecule has 1 amide bonds. The van der Waals surface area contributed by atoms with E-state index in [4.69, 9.17) is 16.3 Å². The first-order valence-electron chi connectivity index (χ1n) is 8.78. The van der Waals surface area contributed by atoms with Crippen molar-refractivity contribution in [2.24, 2.45) is 0 Å². The number of aromatic nitrogens is 2. The van der Waals surface area contributed by atoms with Crippen LogP contribution in [0.4, 0.5) is 10.7 Å². The van der Waals surface area contributed by atoms with Gasteiger partial charge in [0.05, 0.1) is 12.6 Å². The summed E-state index contributed by atoms with van der Waals surface area (Å²) in [5.41, 5.74) is 3.00. The molecule has 4 rings (SSSR count). The summed E-state index contributed by atoms with van der Waals surface area (Å²) < 4.78 is 5.59. The Morgan fingerprint density at radius 1 is 1.19 bits per heavy atom. The third-order valence-corrected chi connectivity index (χ3v) is 5.14. The fraction of sp³-hybridized carbons (Fsp3) is 0.421. The predicted molar refractivity (Wildman–Crippen MR) is 99.6 cm³/mol.